The summed E-state index contributed by atoms with van der Waals surface area (Å²) in [5, 5.41) is 4.88. The molecule has 0 fully saturated rings. The lowest BCUT2D eigenvalue weighted by molar-refractivity contribution is -0.136. The number of fused-ring (bicyclic) bond motifs is 1. The smallest absolute Gasteiger partial charge is 0.338 e. The zero-order chi connectivity index (χ0) is 31.7. The Morgan fingerprint density at radius 1 is 0.933 bits per heavy atom. The van der Waals surface area contributed by atoms with Crippen LogP contribution in [0.3, 0.4) is 0 Å². The van der Waals surface area contributed by atoms with Crippen molar-refractivity contribution in [1.82, 2.24) is 14.3 Å². The second kappa shape index (κ2) is 12.2. The quantitative estimate of drug-likeness (QED) is 0.198. The summed E-state index contributed by atoms with van der Waals surface area (Å²) in [5.74, 6) is 0.0195. The van der Waals surface area contributed by atoms with Crippen LogP contribution in [0, 0.1) is 0 Å². The van der Waals surface area contributed by atoms with Crippen LogP contribution in [0.5, 0.6) is 11.5 Å². The van der Waals surface area contributed by atoms with E-state index in [0.717, 1.165) is 16.8 Å². The summed E-state index contributed by atoms with van der Waals surface area (Å²) in [6.45, 7) is 3.03. The summed E-state index contributed by atoms with van der Waals surface area (Å²) in [7, 11) is 2.90. The maximum atomic E-state index is 14.2. The Balaban J connectivity index is 1.53. The van der Waals surface area contributed by atoms with Gasteiger partial charge in [-0.2, -0.15) is 5.10 Å². The number of carbonyl (C=O) groups is 2. The lowest BCUT2D eigenvalue weighted by atomic mass is 9.96. The van der Waals surface area contributed by atoms with Gasteiger partial charge in [0.25, 0.3) is 5.56 Å². The first-order chi connectivity index (χ1) is 21.8. The third kappa shape index (κ3) is 5.73. The van der Waals surface area contributed by atoms with Gasteiger partial charge in [0.2, 0.25) is 0 Å². The molecule has 1 atom stereocenters. The van der Waals surface area contributed by atoms with E-state index in [1.807, 2.05) is 60.8 Å². The number of ether oxygens (including phenoxy) is 3. The third-order valence-corrected chi connectivity index (χ3v) is 8.28. The van der Waals surface area contributed by atoms with Crippen molar-refractivity contribution in [3.8, 4) is 28.4 Å². The Hall–Kier alpha value is -5.55. The second-order valence-corrected chi connectivity index (χ2v) is 11.2. The minimum absolute atomic E-state index is 0.243. The van der Waals surface area contributed by atoms with E-state index < -0.39 is 18.0 Å². The van der Waals surface area contributed by atoms with E-state index in [-0.39, 0.29) is 11.1 Å². The highest BCUT2D eigenvalue weighted by Gasteiger charge is 2.33. The van der Waals surface area contributed by atoms with Gasteiger partial charge < -0.3 is 14.2 Å². The average Bonchev–Trinajstić information content (AvgIpc) is 3.61. The number of hydrogen-bond donors (Lipinski definition) is 0. The van der Waals surface area contributed by atoms with Crippen LogP contribution in [0.25, 0.3) is 23.0 Å². The van der Waals surface area contributed by atoms with Crippen molar-refractivity contribution in [1.29, 1.82) is 0 Å². The molecular weight excluding hydrogens is 592 g/mol. The Labute approximate surface area is 261 Å². The van der Waals surface area contributed by atoms with Crippen molar-refractivity contribution >= 4 is 29.4 Å². The predicted molar refractivity (Wildman–Crippen MR) is 169 cm³/mol. The number of para-hydroxylation sites is 1. The van der Waals surface area contributed by atoms with E-state index in [4.69, 9.17) is 19.3 Å². The topological polar surface area (TPSA) is 114 Å². The lowest BCUT2D eigenvalue weighted by Crippen LogP contribution is -2.39. The normalized spacial score (nSPS) is 14.5. The Bertz CT molecular complexity index is 2130. The highest BCUT2D eigenvalue weighted by Crippen LogP contribution is 2.32. The Morgan fingerprint density at radius 3 is 2.27 bits per heavy atom. The molecule has 226 valence electrons. The van der Waals surface area contributed by atoms with Crippen molar-refractivity contribution < 1.29 is 23.8 Å². The summed E-state index contributed by atoms with van der Waals surface area (Å²) in [6, 6.07) is 23.1. The fourth-order valence-electron chi connectivity index (χ4n) is 5.21. The molecule has 3 aromatic carbocycles. The van der Waals surface area contributed by atoms with E-state index in [1.165, 1.54) is 29.9 Å². The minimum atomic E-state index is -0.810. The van der Waals surface area contributed by atoms with Gasteiger partial charge in [-0.05, 0) is 67.1 Å². The molecule has 5 aromatic rings. The molecule has 0 N–H and O–H groups in total. The van der Waals surface area contributed by atoms with Gasteiger partial charge in [0, 0.05) is 24.2 Å². The number of nitrogens with zero attached hydrogens (tertiary/aromatic N) is 4. The molecule has 2 aromatic heterocycles. The van der Waals surface area contributed by atoms with E-state index in [1.54, 1.807) is 49.1 Å². The summed E-state index contributed by atoms with van der Waals surface area (Å²) in [6.07, 6.45) is 3.68. The van der Waals surface area contributed by atoms with Crippen molar-refractivity contribution in [3.05, 3.63) is 127 Å². The fraction of sp³-hybridized carbons (Fsp3) is 0.147. The van der Waals surface area contributed by atoms with Crippen molar-refractivity contribution in [3.63, 3.8) is 0 Å². The molecule has 0 saturated carbocycles. The summed E-state index contributed by atoms with van der Waals surface area (Å²) in [4.78, 5) is 43.7. The number of methoxy groups -OCH3 is 2. The number of benzene rings is 3. The summed E-state index contributed by atoms with van der Waals surface area (Å²) in [5.41, 5.74) is 4.10. The highest BCUT2D eigenvalue weighted by molar-refractivity contribution is 7.07. The van der Waals surface area contributed by atoms with Gasteiger partial charge in [0.1, 0.15) is 17.2 Å². The Morgan fingerprint density at radius 2 is 1.62 bits per heavy atom. The zero-order valence-electron chi connectivity index (χ0n) is 24.9. The maximum Gasteiger partial charge on any atom is 0.338 e. The number of rotatable bonds is 7. The van der Waals surface area contributed by atoms with Gasteiger partial charge >= 0.3 is 11.9 Å². The first-order valence-corrected chi connectivity index (χ1v) is 14.8. The average molecular weight is 621 g/mol. The van der Waals surface area contributed by atoms with Crippen LogP contribution in [0.4, 0.5) is 0 Å². The van der Waals surface area contributed by atoms with Gasteiger partial charge in [-0.25, -0.2) is 14.5 Å². The number of allylic oxidation sites excluding steroid dienone is 1. The zero-order valence-corrected chi connectivity index (χ0v) is 25.7. The number of carbonyl (C=O) groups excluding carboxylic acids is 2. The molecule has 0 bridgehead atoms. The van der Waals surface area contributed by atoms with Gasteiger partial charge in [-0.1, -0.05) is 41.7 Å². The number of esters is 2. The van der Waals surface area contributed by atoms with Crippen LogP contribution in [0.15, 0.2) is 106 Å². The predicted octanol–water partition coefficient (Wildman–Crippen LogP) is 4.19. The molecule has 10 nitrogen and oxygen atoms in total. The molecule has 0 amide bonds. The van der Waals surface area contributed by atoms with Crippen LogP contribution < -0.4 is 24.4 Å². The molecule has 1 aliphatic heterocycles. The molecule has 1 aliphatic rings. The molecule has 0 aliphatic carbocycles. The molecule has 0 saturated heterocycles. The molecule has 45 heavy (non-hydrogen) atoms. The van der Waals surface area contributed by atoms with Crippen LogP contribution in [0.1, 0.15) is 31.0 Å². The van der Waals surface area contributed by atoms with Crippen LogP contribution in [0.2, 0.25) is 0 Å². The van der Waals surface area contributed by atoms with Crippen LogP contribution in [-0.4, -0.2) is 40.5 Å². The number of hydrogen-bond acceptors (Lipinski definition) is 9. The van der Waals surface area contributed by atoms with E-state index in [2.05, 4.69) is 4.99 Å². The SMILES string of the molecule is COC(=O)C1=C(C)N=c2s/c(=C/c3cn(-c4ccccc4)nc3-c3ccc(OC)cc3)c(=O)n2C1c1ccc(OC(C)=O)cc1. The molecule has 3 heterocycles. The molecular formula is C34H28N4O6S. The third-order valence-electron chi connectivity index (χ3n) is 7.30. The van der Waals surface area contributed by atoms with Gasteiger partial charge in [0.05, 0.1) is 41.8 Å². The standard InChI is InChI=1S/C34H28N4O6S/c1-20-29(33(41)43-4)31(23-12-16-27(17-13-23)44-21(2)39)38-32(40)28(45-34(38)35-20)18-24-19-37(25-8-6-5-7-9-25)36-30(24)22-10-14-26(42-3)15-11-22/h5-19,31H,1-4H3/b28-18+. The van der Waals surface area contributed by atoms with Crippen molar-refractivity contribution in [2.24, 2.45) is 4.99 Å². The highest BCUT2D eigenvalue weighted by atomic mass is 32.1. The van der Waals surface area contributed by atoms with Gasteiger partial charge in [-0.15, -0.1) is 0 Å². The first-order valence-electron chi connectivity index (χ1n) is 14.0. The molecule has 6 rings (SSSR count). The molecule has 0 spiro atoms. The number of aromatic nitrogens is 3. The molecule has 11 heteroatoms. The van der Waals surface area contributed by atoms with Crippen LogP contribution >= 0.6 is 11.3 Å². The largest absolute Gasteiger partial charge is 0.497 e. The van der Waals surface area contributed by atoms with Gasteiger partial charge in [-0.3, -0.25) is 14.2 Å². The van der Waals surface area contributed by atoms with Crippen molar-refractivity contribution in [2.75, 3.05) is 14.2 Å². The summed E-state index contributed by atoms with van der Waals surface area (Å²) >= 11 is 1.22. The van der Waals surface area contributed by atoms with E-state index >= 15 is 0 Å². The van der Waals surface area contributed by atoms with E-state index in [0.29, 0.717) is 37.8 Å². The molecule has 0 radical (unpaired) electrons. The Kier molecular flexibility index (Phi) is 8.01. The maximum absolute atomic E-state index is 14.2. The first kappa shape index (κ1) is 29.5. The number of thiazole rings is 1. The summed E-state index contributed by atoms with van der Waals surface area (Å²) < 4.78 is 19.3. The monoisotopic (exact) mass is 620 g/mol. The molecule has 1 unspecified atom stereocenters. The van der Waals surface area contributed by atoms with E-state index in [9.17, 15) is 14.4 Å². The van der Waals surface area contributed by atoms with Crippen molar-refractivity contribution in [2.45, 2.75) is 19.9 Å². The van der Waals surface area contributed by atoms with Gasteiger partial charge in [0.15, 0.2) is 4.80 Å². The second-order valence-electron chi connectivity index (χ2n) is 10.2. The minimum Gasteiger partial charge on any atom is -0.497 e. The fourth-order valence-corrected chi connectivity index (χ4v) is 6.25. The van der Waals surface area contributed by atoms with Crippen LogP contribution in [-0.2, 0) is 14.3 Å². The lowest BCUT2D eigenvalue weighted by Gasteiger charge is -2.24.